The average Bonchev–Trinajstić information content (AvgIpc) is 2.87. The summed E-state index contributed by atoms with van der Waals surface area (Å²) in [5.41, 5.74) is 0. The standard InChI is InChI=1S/C13H20N2O3S/c1-2-3-6-11(12(16)17)15-13(18)14-8-7-10-5-4-9-19-10/h4-5,9,11H,2-3,6-8H2,1H3,(H,16,17)(H2,14,15,18)/t11-/m0/s1. The van der Waals surface area contributed by atoms with E-state index in [2.05, 4.69) is 10.6 Å². The summed E-state index contributed by atoms with van der Waals surface area (Å²) in [5.74, 6) is -0.984. The van der Waals surface area contributed by atoms with Crippen molar-refractivity contribution in [1.29, 1.82) is 0 Å². The van der Waals surface area contributed by atoms with Crippen LogP contribution in [0.15, 0.2) is 17.5 Å². The number of carbonyl (C=O) groups excluding carboxylic acids is 1. The number of urea groups is 1. The van der Waals surface area contributed by atoms with Gasteiger partial charge in [-0.3, -0.25) is 0 Å². The van der Waals surface area contributed by atoms with Gasteiger partial charge in [0.2, 0.25) is 0 Å². The van der Waals surface area contributed by atoms with E-state index < -0.39 is 18.0 Å². The first kappa shape index (κ1) is 15.5. The molecule has 1 atom stereocenters. The number of carboxylic acid groups (broad SMARTS) is 1. The number of amides is 2. The number of carbonyl (C=O) groups is 2. The maximum atomic E-state index is 11.6. The molecule has 0 aliphatic heterocycles. The molecule has 1 heterocycles. The van der Waals surface area contributed by atoms with Crippen molar-refractivity contribution in [3.05, 3.63) is 22.4 Å². The second-order valence-corrected chi connectivity index (χ2v) is 5.29. The highest BCUT2D eigenvalue weighted by atomic mass is 32.1. The average molecular weight is 284 g/mol. The number of nitrogens with one attached hydrogen (secondary N) is 2. The highest BCUT2D eigenvalue weighted by Crippen LogP contribution is 2.08. The number of hydrogen-bond donors (Lipinski definition) is 3. The highest BCUT2D eigenvalue weighted by molar-refractivity contribution is 7.09. The Morgan fingerprint density at radius 2 is 2.26 bits per heavy atom. The van der Waals surface area contributed by atoms with Crippen molar-refractivity contribution in [2.45, 2.75) is 38.6 Å². The molecule has 19 heavy (non-hydrogen) atoms. The second kappa shape index (κ2) is 8.53. The van der Waals surface area contributed by atoms with E-state index in [-0.39, 0.29) is 0 Å². The summed E-state index contributed by atoms with van der Waals surface area (Å²) in [6.07, 6.45) is 2.92. The van der Waals surface area contributed by atoms with E-state index in [1.165, 1.54) is 4.88 Å². The van der Waals surface area contributed by atoms with Gasteiger partial charge >= 0.3 is 12.0 Å². The van der Waals surface area contributed by atoms with Crippen LogP contribution in [-0.2, 0) is 11.2 Å². The van der Waals surface area contributed by atoms with E-state index in [0.29, 0.717) is 13.0 Å². The molecule has 0 aromatic carbocycles. The van der Waals surface area contributed by atoms with Crippen molar-refractivity contribution in [1.82, 2.24) is 10.6 Å². The Kier molecular flexibility index (Phi) is 6.95. The fourth-order valence-corrected chi connectivity index (χ4v) is 2.34. The van der Waals surface area contributed by atoms with Gasteiger partial charge in [-0.15, -0.1) is 11.3 Å². The molecule has 1 rings (SSSR count). The highest BCUT2D eigenvalue weighted by Gasteiger charge is 2.18. The molecule has 5 nitrogen and oxygen atoms in total. The Morgan fingerprint density at radius 1 is 1.47 bits per heavy atom. The van der Waals surface area contributed by atoms with Crippen LogP contribution in [0.3, 0.4) is 0 Å². The zero-order valence-electron chi connectivity index (χ0n) is 11.0. The van der Waals surface area contributed by atoms with Crippen LogP contribution >= 0.6 is 11.3 Å². The molecule has 0 bridgehead atoms. The molecule has 1 aromatic heterocycles. The first-order valence-electron chi connectivity index (χ1n) is 6.43. The molecule has 6 heteroatoms. The predicted octanol–water partition coefficient (Wildman–Crippen LogP) is 2.23. The number of carboxylic acids is 1. The summed E-state index contributed by atoms with van der Waals surface area (Å²) in [5, 5.41) is 16.1. The van der Waals surface area contributed by atoms with Crippen LogP contribution in [0.5, 0.6) is 0 Å². The number of thiophene rings is 1. The lowest BCUT2D eigenvalue weighted by molar-refractivity contribution is -0.139. The topological polar surface area (TPSA) is 78.4 Å². The molecule has 0 saturated carbocycles. The molecule has 0 aliphatic carbocycles. The Morgan fingerprint density at radius 3 is 2.84 bits per heavy atom. The Hall–Kier alpha value is -1.56. The van der Waals surface area contributed by atoms with E-state index in [4.69, 9.17) is 5.11 Å². The monoisotopic (exact) mass is 284 g/mol. The van der Waals surface area contributed by atoms with Crippen molar-refractivity contribution < 1.29 is 14.7 Å². The first-order chi connectivity index (χ1) is 9.13. The van der Waals surface area contributed by atoms with Crippen LogP contribution < -0.4 is 10.6 Å². The number of aliphatic carboxylic acids is 1. The van der Waals surface area contributed by atoms with Gasteiger partial charge in [0.25, 0.3) is 0 Å². The molecule has 3 N–H and O–H groups in total. The van der Waals surface area contributed by atoms with E-state index in [1.807, 2.05) is 24.4 Å². The van der Waals surface area contributed by atoms with Crippen LogP contribution in [0.25, 0.3) is 0 Å². The minimum Gasteiger partial charge on any atom is -0.480 e. The molecular formula is C13H20N2O3S. The van der Waals surface area contributed by atoms with Gasteiger partial charge < -0.3 is 15.7 Å². The molecule has 0 aliphatic rings. The van der Waals surface area contributed by atoms with Crippen LogP contribution in [-0.4, -0.2) is 29.7 Å². The van der Waals surface area contributed by atoms with Crippen molar-refractivity contribution in [3.8, 4) is 0 Å². The molecule has 106 valence electrons. The number of hydrogen-bond acceptors (Lipinski definition) is 3. The smallest absolute Gasteiger partial charge is 0.326 e. The molecule has 1 aromatic rings. The molecule has 0 fully saturated rings. The Balaban J connectivity index is 2.25. The molecule has 2 amide bonds. The summed E-state index contributed by atoms with van der Waals surface area (Å²) in [6.45, 7) is 2.49. The fourth-order valence-electron chi connectivity index (χ4n) is 1.63. The normalized spacial score (nSPS) is 11.8. The summed E-state index contributed by atoms with van der Waals surface area (Å²) in [4.78, 5) is 23.7. The van der Waals surface area contributed by atoms with E-state index in [1.54, 1.807) is 11.3 Å². The predicted molar refractivity (Wildman–Crippen MR) is 75.5 cm³/mol. The maximum absolute atomic E-state index is 11.6. The second-order valence-electron chi connectivity index (χ2n) is 4.26. The fraction of sp³-hybridized carbons (Fsp3) is 0.538. The van der Waals surface area contributed by atoms with Crippen molar-refractivity contribution in [2.75, 3.05) is 6.54 Å². The van der Waals surface area contributed by atoms with E-state index in [0.717, 1.165) is 19.3 Å². The third-order valence-electron chi connectivity index (χ3n) is 2.69. The summed E-state index contributed by atoms with van der Waals surface area (Å²) >= 11 is 1.64. The Bertz CT molecular complexity index is 393. The minimum absolute atomic E-state index is 0.417. The van der Waals surface area contributed by atoms with Gasteiger partial charge in [0.05, 0.1) is 0 Å². The number of rotatable bonds is 8. The lowest BCUT2D eigenvalue weighted by Crippen LogP contribution is -2.46. The molecule has 0 spiro atoms. The van der Waals surface area contributed by atoms with Crippen LogP contribution in [0.4, 0.5) is 4.79 Å². The molecular weight excluding hydrogens is 264 g/mol. The van der Waals surface area contributed by atoms with Gasteiger partial charge in [0, 0.05) is 11.4 Å². The summed E-state index contributed by atoms with van der Waals surface area (Å²) < 4.78 is 0. The lowest BCUT2D eigenvalue weighted by atomic mass is 10.1. The largest absolute Gasteiger partial charge is 0.480 e. The quantitative estimate of drug-likeness (QED) is 0.685. The van der Waals surface area contributed by atoms with E-state index >= 15 is 0 Å². The first-order valence-corrected chi connectivity index (χ1v) is 7.31. The SMILES string of the molecule is CCCC[C@H](NC(=O)NCCc1cccs1)C(=O)O. The van der Waals surface area contributed by atoms with Gasteiger partial charge in [-0.05, 0) is 24.3 Å². The van der Waals surface area contributed by atoms with Crippen molar-refractivity contribution >= 4 is 23.3 Å². The summed E-state index contributed by atoms with van der Waals surface area (Å²) in [7, 11) is 0. The zero-order chi connectivity index (χ0) is 14.1. The van der Waals surface area contributed by atoms with E-state index in [9.17, 15) is 9.59 Å². The maximum Gasteiger partial charge on any atom is 0.326 e. The minimum atomic E-state index is -0.984. The van der Waals surface area contributed by atoms with Gasteiger partial charge in [0.15, 0.2) is 0 Å². The van der Waals surface area contributed by atoms with Crippen LogP contribution in [0.2, 0.25) is 0 Å². The number of unbranched alkanes of at least 4 members (excludes halogenated alkanes) is 1. The van der Waals surface area contributed by atoms with Gasteiger partial charge in [0.1, 0.15) is 6.04 Å². The van der Waals surface area contributed by atoms with Crippen LogP contribution in [0.1, 0.15) is 31.1 Å². The lowest BCUT2D eigenvalue weighted by Gasteiger charge is -2.14. The van der Waals surface area contributed by atoms with Crippen molar-refractivity contribution in [2.24, 2.45) is 0 Å². The Labute approximate surface area is 117 Å². The third kappa shape index (κ3) is 6.24. The van der Waals surface area contributed by atoms with Gasteiger partial charge in [-0.1, -0.05) is 25.8 Å². The molecule has 0 unspecified atom stereocenters. The van der Waals surface area contributed by atoms with Crippen LogP contribution in [0, 0.1) is 0 Å². The zero-order valence-corrected chi connectivity index (χ0v) is 11.8. The van der Waals surface area contributed by atoms with Gasteiger partial charge in [-0.25, -0.2) is 9.59 Å². The van der Waals surface area contributed by atoms with Crippen molar-refractivity contribution in [3.63, 3.8) is 0 Å². The molecule has 0 saturated heterocycles. The molecule has 0 radical (unpaired) electrons. The third-order valence-corrected chi connectivity index (χ3v) is 3.62. The van der Waals surface area contributed by atoms with Gasteiger partial charge in [-0.2, -0.15) is 0 Å². The summed E-state index contributed by atoms with van der Waals surface area (Å²) in [6, 6.07) is 2.75.